The molecule has 3 heterocycles. The molecule has 5 nitrogen and oxygen atoms in total. The molecule has 0 saturated carbocycles. The number of nitrogens with zero attached hydrogens (tertiary/aromatic N) is 4. The van der Waals surface area contributed by atoms with Crippen molar-refractivity contribution in [3.05, 3.63) is 52.0 Å². The minimum atomic E-state index is -0.247. The number of piperidine rings is 1. The second-order valence-corrected chi connectivity index (χ2v) is 7.40. The van der Waals surface area contributed by atoms with E-state index in [1.807, 2.05) is 5.51 Å². The van der Waals surface area contributed by atoms with Gasteiger partial charge in [-0.3, -0.25) is 10.00 Å². The molecule has 1 N–H and O–H groups in total. The summed E-state index contributed by atoms with van der Waals surface area (Å²) in [6, 6.07) is 6.29. The number of hydrogen-bond acceptors (Lipinski definition) is 5. The van der Waals surface area contributed by atoms with Gasteiger partial charge in [-0.1, -0.05) is 0 Å². The number of rotatable bonds is 4. The van der Waals surface area contributed by atoms with Crippen LogP contribution in [0.1, 0.15) is 35.2 Å². The second kappa shape index (κ2) is 7.01. The lowest BCUT2D eigenvalue weighted by molar-refractivity contribution is 0.203. The summed E-state index contributed by atoms with van der Waals surface area (Å²) in [5.41, 5.74) is 3.90. The van der Waals surface area contributed by atoms with Crippen LogP contribution in [-0.4, -0.2) is 38.2 Å². The summed E-state index contributed by atoms with van der Waals surface area (Å²) in [6.45, 7) is 5.16. The molecule has 1 aliphatic rings. The van der Waals surface area contributed by atoms with Gasteiger partial charge in [-0.15, -0.1) is 11.3 Å². The van der Waals surface area contributed by atoms with E-state index in [0.29, 0.717) is 11.7 Å². The highest BCUT2D eigenvalue weighted by Crippen LogP contribution is 2.28. The predicted molar refractivity (Wildman–Crippen MR) is 95.9 cm³/mol. The Labute approximate surface area is 149 Å². The third kappa shape index (κ3) is 3.62. The second-order valence-electron chi connectivity index (χ2n) is 6.46. The first-order valence-corrected chi connectivity index (χ1v) is 9.36. The van der Waals surface area contributed by atoms with Crippen LogP contribution in [0.5, 0.6) is 0 Å². The van der Waals surface area contributed by atoms with Crippen LogP contribution in [0.25, 0.3) is 11.4 Å². The van der Waals surface area contributed by atoms with Gasteiger partial charge >= 0.3 is 0 Å². The summed E-state index contributed by atoms with van der Waals surface area (Å²) >= 11 is 1.73. The lowest BCUT2D eigenvalue weighted by Gasteiger charge is -2.30. The lowest BCUT2D eigenvalue weighted by Crippen LogP contribution is -2.32. The topological polar surface area (TPSA) is 57.7 Å². The number of hydrogen-bond donors (Lipinski definition) is 1. The highest BCUT2D eigenvalue weighted by atomic mass is 32.1. The summed E-state index contributed by atoms with van der Waals surface area (Å²) in [5, 5.41) is 7.38. The van der Waals surface area contributed by atoms with Crippen LogP contribution < -0.4 is 0 Å². The Hall–Kier alpha value is -2.12. The van der Waals surface area contributed by atoms with Gasteiger partial charge in [-0.25, -0.2) is 14.4 Å². The van der Waals surface area contributed by atoms with Crippen molar-refractivity contribution in [2.24, 2.45) is 0 Å². The molecule has 4 rings (SSSR count). The molecule has 1 saturated heterocycles. The van der Waals surface area contributed by atoms with E-state index >= 15 is 0 Å². The molecule has 2 aromatic heterocycles. The third-order valence-electron chi connectivity index (χ3n) is 4.79. The Kier molecular flexibility index (Phi) is 4.59. The van der Waals surface area contributed by atoms with Gasteiger partial charge in [0, 0.05) is 22.9 Å². The molecule has 25 heavy (non-hydrogen) atoms. The number of nitrogens with one attached hydrogen (secondary N) is 1. The van der Waals surface area contributed by atoms with E-state index in [-0.39, 0.29) is 5.82 Å². The van der Waals surface area contributed by atoms with E-state index < -0.39 is 0 Å². The van der Waals surface area contributed by atoms with Gasteiger partial charge in [-0.2, -0.15) is 5.10 Å². The fraction of sp³-hybridized carbons (Fsp3) is 0.389. The molecule has 0 unspecified atom stereocenters. The molecule has 1 aliphatic heterocycles. The van der Waals surface area contributed by atoms with Gasteiger partial charge in [0.25, 0.3) is 0 Å². The minimum absolute atomic E-state index is 0.247. The summed E-state index contributed by atoms with van der Waals surface area (Å²) in [7, 11) is 0. The molecule has 0 atom stereocenters. The highest BCUT2D eigenvalue weighted by Gasteiger charge is 2.24. The molecule has 0 amide bonds. The Morgan fingerprint density at radius 1 is 1.24 bits per heavy atom. The van der Waals surface area contributed by atoms with Crippen LogP contribution in [0, 0.1) is 12.7 Å². The van der Waals surface area contributed by atoms with Crippen LogP contribution >= 0.6 is 11.3 Å². The molecule has 1 fully saturated rings. The summed E-state index contributed by atoms with van der Waals surface area (Å²) in [6.07, 6.45) is 2.13. The predicted octanol–water partition coefficient (Wildman–Crippen LogP) is 3.76. The molecular weight excluding hydrogens is 337 g/mol. The SMILES string of the molecule is Cc1ncsc1CN1CCC(c2nc(-c3ccc(F)cc3)n[nH]2)CC1. The lowest BCUT2D eigenvalue weighted by atomic mass is 9.96. The van der Waals surface area contributed by atoms with Crippen molar-refractivity contribution in [1.29, 1.82) is 0 Å². The first-order chi connectivity index (χ1) is 12.2. The molecule has 0 spiro atoms. The van der Waals surface area contributed by atoms with E-state index in [1.165, 1.54) is 17.0 Å². The number of likely N-dealkylation sites (tertiary alicyclic amines) is 1. The van der Waals surface area contributed by atoms with Gasteiger partial charge in [0.15, 0.2) is 5.82 Å². The third-order valence-corrected chi connectivity index (χ3v) is 5.71. The fourth-order valence-corrected chi connectivity index (χ4v) is 4.05. The van der Waals surface area contributed by atoms with Crippen molar-refractivity contribution in [1.82, 2.24) is 25.1 Å². The minimum Gasteiger partial charge on any atom is -0.298 e. The van der Waals surface area contributed by atoms with Gasteiger partial charge < -0.3 is 0 Å². The Morgan fingerprint density at radius 3 is 2.68 bits per heavy atom. The standard InChI is InChI=1S/C18H20FN5S/c1-12-16(25-11-20-12)10-24-8-6-14(7-9-24)18-21-17(22-23-18)13-2-4-15(19)5-3-13/h2-5,11,14H,6-10H2,1H3,(H,21,22,23). The zero-order valence-electron chi connectivity index (χ0n) is 14.1. The first kappa shape index (κ1) is 16.4. The Balaban J connectivity index is 1.38. The number of aromatic nitrogens is 4. The van der Waals surface area contributed by atoms with E-state index in [4.69, 9.17) is 0 Å². The van der Waals surface area contributed by atoms with Crippen molar-refractivity contribution in [2.45, 2.75) is 32.2 Å². The van der Waals surface area contributed by atoms with Gasteiger partial charge in [0.2, 0.25) is 0 Å². The van der Waals surface area contributed by atoms with E-state index in [1.54, 1.807) is 23.5 Å². The molecule has 0 radical (unpaired) electrons. The van der Waals surface area contributed by atoms with E-state index in [9.17, 15) is 4.39 Å². The van der Waals surface area contributed by atoms with Gasteiger partial charge in [0.1, 0.15) is 11.6 Å². The van der Waals surface area contributed by atoms with Crippen molar-refractivity contribution in [2.75, 3.05) is 13.1 Å². The zero-order chi connectivity index (χ0) is 17.2. The normalized spacial score (nSPS) is 16.4. The van der Waals surface area contributed by atoms with Crippen LogP contribution in [0.15, 0.2) is 29.8 Å². The Morgan fingerprint density at radius 2 is 2.00 bits per heavy atom. The maximum Gasteiger partial charge on any atom is 0.181 e. The summed E-state index contributed by atoms with van der Waals surface area (Å²) in [5.74, 6) is 1.73. The number of H-pyrrole nitrogens is 1. The summed E-state index contributed by atoms with van der Waals surface area (Å²) in [4.78, 5) is 12.8. The molecule has 0 bridgehead atoms. The zero-order valence-corrected chi connectivity index (χ0v) is 14.9. The van der Waals surface area contributed by atoms with Crippen molar-refractivity contribution < 1.29 is 4.39 Å². The maximum absolute atomic E-state index is 13.0. The maximum atomic E-state index is 13.0. The van der Waals surface area contributed by atoms with Crippen LogP contribution in [0.2, 0.25) is 0 Å². The monoisotopic (exact) mass is 357 g/mol. The molecule has 3 aromatic rings. The quantitative estimate of drug-likeness (QED) is 0.772. The smallest absolute Gasteiger partial charge is 0.181 e. The first-order valence-electron chi connectivity index (χ1n) is 8.48. The van der Waals surface area contributed by atoms with Gasteiger partial charge in [0.05, 0.1) is 11.2 Å². The fourth-order valence-electron chi connectivity index (χ4n) is 3.23. The highest BCUT2D eigenvalue weighted by molar-refractivity contribution is 7.09. The number of thiazole rings is 1. The molecule has 7 heteroatoms. The van der Waals surface area contributed by atoms with Crippen molar-refractivity contribution >= 4 is 11.3 Å². The molecule has 130 valence electrons. The van der Waals surface area contributed by atoms with Crippen molar-refractivity contribution in [3.63, 3.8) is 0 Å². The van der Waals surface area contributed by atoms with Crippen LogP contribution in [-0.2, 0) is 6.54 Å². The number of aryl methyl sites for hydroxylation is 1. The van der Waals surface area contributed by atoms with E-state index in [2.05, 4.69) is 32.0 Å². The molecule has 0 aliphatic carbocycles. The summed E-state index contributed by atoms with van der Waals surface area (Å²) < 4.78 is 13.0. The number of aromatic amines is 1. The van der Waals surface area contributed by atoms with Gasteiger partial charge in [-0.05, 0) is 57.1 Å². The largest absolute Gasteiger partial charge is 0.298 e. The van der Waals surface area contributed by atoms with Crippen LogP contribution in [0.3, 0.4) is 0 Å². The van der Waals surface area contributed by atoms with Crippen molar-refractivity contribution in [3.8, 4) is 11.4 Å². The molecular formula is C18H20FN5S. The van der Waals surface area contributed by atoms with E-state index in [0.717, 1.165) is 49.6 Å². The molecule has 1 aromatic carbocycles. The number of benzene rings is 1. The van der Waals surface area contributed by atoms with Crippen LogP contribution in [0.4, 0.5) is 4.39 Å². The number of halogens is 1. The average Bonchev–Trinajstić information content (AvgIpc) is 3.26. The average molecular weight is 357 g/mol. The Bertz CT molecular complexity index is 833.